The fourth-order valence-corrected chi connectivity index (χ4v) is 7.50. The number of aliphatic carboxylic acids is 1. The average Bonchev–Trinajstić information content (AvgIpc) is 2.91. The molecular formula is C23H34O4. The Labute approximate surface area is 162 Å². The molecule has 0 heterocycles. The number of allylic oxidation sites excluding steroid dienone is 2. The van der Waals surface area contributed by atoms with Crippen molar-refractivity contribution in [1.29, 1.82) is 0 Å². The monoisotopic (exact) mass is 374 g/mol. The number of fused-ring (bicyclic) bond motifs is 5. The van der Waals surface area contributed by atoms with E-state index in [2.05, 4.69) is 19.9 Å². The van der Waals surface area contributed by atoms with Crippen LogP contribution in [0.2, 0.25) is 0 Å². The summed E-state index contributed by atoms with van der Waals surface area (Å²) in [5.41, 5.74) is 2.02. The van der Waals surface area contributed by atoms with E-state index in [1.807, 2.05) is 0 Å². The zero-order valence-electron chi connectivity index (χ0n) is 17.0. The fourth-order valence-electron chi connectivity index (χ4n) is 7.50. The van der Waals surface area contributed by atoms with Crippen molar-refractivity contribution < 1.29 is 19.4 Å². The lowest BCUT2D eigenvalue weighted by atomic mass is 9.46. The van der Waals surface area contributed by atoms with Gasteiger partial charge in [-0.25, -0.2) is 0 Å². The molecule has 4 heteroatoms. The Bertz CT molecular complexity index is 667. The summed E-state index contributed by atoms with van der Waals surface area (Å²) in [4.78, 5) is 22.7. The molecule has 0 spiro atoms. The lowest BCUT2D eigenvalue weighted by Crippen LogP contribution is -2.52. The van der Waals surface area contributed by atoms with Crippen LogP contribution in [0.4, 0.5) is 0 Å². The van der Waals surface area contributed by atoms with Crippen molar-refractivity contribution in [2.24, 2.45) is 34.5 Å². The van der Waals surface area contributed by atoms with Crippen LogP contribution in [0.15, 0.2) is 11.6 Å². The predicted molar refractivity (Wildman–Crippen MR) is 103 cm³/mol. The summed E-state index contributed by atoms with van der Waals surface area (Å²) in [5.74, 6) is 1.46. The van der Waals surface area contributed by atoms with Crippen molar-refractivity contribution in [3.05, 3.63) is 11.6 Å². The molecule has 0 aromatic rings. The number of carboxylic acid groups (broad SMARTS) is 1. The van der Waals surface area contributed by atoms with E-state index < -0.39 is 5.97 Å². The maximum Gasteiger partial charge on any atom is 0.303 e. The molecule has 0 aliphatic heterocycles. The highest BCUT2D eigenvalue weighted by atomic mass is 16.5. The third-order valence-corrected chi connectivity index (χ3v) is 8.95. The molecule has 0 amide bonds. The topological polar surface area (TPSA) is 63.6 Å². The van der Waals surface area contributed by atoms with E-state index in [9.17, 15) is 14.7 Å². The summed E-state index contributed by atoms with van der Waals surface area (Å²) in [6.07, 6.45) is 11.7. The lowest BCUT2D eigenvalue weighted by Gasteiger charge is -2.59. The maximum absolute atomic E-state index is 11.4. The summed E-state index contributed by atoms with van der Waals surface area (Å²) >= 11 is 0. The van der Waals surface area contributed by atoms with Crippen LogP contribution in [-0.2, 0) is 14.3 Å². The third kappa shape index (κ3) is 3.03. The Morgan fingerprint density at radius 1 is 1.19 bits per heavy atom. The largest absolute Gasteiger partial charge is 0.481 e. The second kappa shape index (κ2) is 6.63. The molecule has 4 nitrogen and oxygen atoms in total. The van der Waals surface area contributed by atoms with Gasteiger partial charge < -0.3 is 9.84 Å². The zero-order chi connectivity index (χ0) is 19.4. The molecule has 0 aromatic heterocycles. The Hall–Kier alpha value is -1.32. The van der Waals surface area contributed by atoms with E-state index in [4.69, 9.17) is 4.74 Å². The molecule has 0 unspecified atom stereocenters. The summed E-state index contributed by atoms with van der Waals surface area (Å²) in [5, 5.41) is 9.33. The van der Waals surface area contributed by atoms with Crippen LogP contribution in [0.1, 0.15) is 78.6 Å². The Kier molecular flexibility index (Phi) is 4.67. The molecule has 0 bridgehead atoms. The molecule has 27 heavy (non-hydrogen) atoms. The molecule has 0 saturated heterocycles. The van der Waals surface area contributed by atoms with Gasteiger partial charge >= 0.3 is 11.9 Å². The molecule has 3 saturated carbocycles. The third-order valence-electron chi connectivity index (χ3n) is 8.95. The molecule has 4 aliphatic rings. The first-order valence-corrected chi connectivity index (χ1v) is 10.8. The standard InChI is InChI=1S/C23H34O4/c1-14(24)27-17-8-10-22(2)15(12-17)4-6-18-19-7-5-16(13-21(25)26)23(19,3)11-9-20(18)22/h7,15-18,20H,4-6,8-13H2,1-3H3,(H,25,26)/t15-,16-,17+,18+,20+,22+,23-/m1/s1. The lowest BCUT2D eigenvalue weighted by molar-refractivity contribution is -0.155. The van der Waals surface area contributed by atoms with Crippen LogP contribution in [0, 0.1) is 34.5 Å². The quantitative estimate of drug-likeness (QED) is 0.559. The van der Waals surface area contributed by atoms with E-state index >= 15 is 0 Å². The molecule has 4 aliphatic carbocycles. The van der Waals surface area contributed by atoms with Crippen LogP contribution in [0.25, 0.3) is 0 Å². The second-order valence-corrected chi connectivity index (χ2v) is 10.1. The summed E-state index contributed by atoms with van der Waals surface area (Å²) in [6, 6.07) is 0. The van der Waals surface area contributed by atoms with E-state index in [0.29, 0.717) is 29.6 Å². The first-order valence-electron chi connectivity index (χ1n) is 10.8. The van der Waals surface area contributed by atoms with Crippen LogP contribution in [0.3, 0.4) is 0 Å². The molecular weight excluding hydrogens is 340 g/mol. The summed E-state index contributed by atoms with van der Waals surface area (Å²) in [6.45, 7) is 6.35. The first kappa shape index (κ1) is 19.0. The van der Waals surface area contributed by atoms with Gasteiger partial charge in [0.1, 0.15) is 6.10 Å². The van der Waals surface area contributed by atoms with Crippen molar-refractivity contribution in [2.75, 3.05) is 0 Å². The van der Waals surface area contributed by atoms with E-state index in [-0.39, 0.29) is 23.4 Å². The van der Waals surface area contributed by atoms with Gasteiger partial charge in [0.2, 0.25) is 0 Å². The molecule has 0 aromatic carbocycles. The smallest absolute Gasteiger partial charge is 0.303 e. The SMILES string of the molecule is CC(=O)O[C@H]1CC[C@@]2(C)[C@H](CC[C@H]3C4=CC[C@H](CC(=O)O)[C@@]4(C)CC[C@@H]32)C1. The van der Waals surface area contributed by atoms with Crippen LogP contribution in [-0.4, -0.2) is 23.1 Å². The van der Waals surface area contributed by atoms with Crippen molar-refractivity contribution in [3.63, 3.8) is 0 Å². The minimum Gasteiger partial charge on any atom is -0.481 e. The van der Waals surface area contributed by atoms with Gasteiger partial charge in [-0.05, 0) is 85.9 Å². The van der Waals surface area contributed by atoms with Gasteiger partial charge in [-0.1, -0.05) is 25.5 Å². The molecule has 150 valence electrons. The van der Waals surface area contributed by atoms with Crippen molar-refractivity contribution in [2.45, 2.75) is 84.7 Å². The number of carbonyl (C=O) groups excluding carboxylic acids is 1. The number of ether oxygens (including phenoxy) is 1. The van der Waals surface area contributed by atoms with Crippen LogP contribution in [0.5, 0.6) is 0 Å². The van der Waals surface area contributed by atoms with Crippen molar-refractivity contribution in [1.82, 2.24) is 0 Å². The molecule has 1 N–H and O–H groups in total. The minimum atomic E-state index is -0.655. The number of hydrogen-bond acceptors (Lipinski definition) is 3. The highest BCUT2D eigenvalue weighted by molar-refractivity contribution is 5.67. The molecule has 0 radical (unpaired) electrons. The maximum atomic E-state index is 11.4. The number of esters is 1. The zero-order valence-corrected chi connectivity index (χ0v) is 17.0. The molecule has 3 fully saturated rings. The number of rotatable bonds is 3. The van der Waals surface area contributed by atoms with E-state index in [0.717, 1.165) is 32.1 Å². The Balaban J connectivity index is 1.53. The summed E-state index contributed by atoms with van der Waals surface area (Å²) in [7, 11) is 0. The van der Waals surface area contributed by atoms with Gasteiger partial charge in [0.25, 0.3) is 0 Å². The van der Waals surface area contributed by atoms with E-state index in [1.165, 1.54) is 26.2 Å². The highest BCUT2D eigenvalue weighted by Gasteiger charge is 2.57. The van der Waals surface area contributed by atoms with Crippen molar-refractivity contribution in [3.8, 4) is 0 Å². The van der Waals surface area contributed by atoms with Gasteiger partial charge in [0.15, 0.2) is 0 Å². The Morgan fingerprint density at radius 3 is 2.67 bits per heavy atom. The molecule has 7 atom stereocenters. The average molecular weight is 375 g/mol. The first-order chi connectivity index (χ1) is 12.7. The van der Waals surface area contributed by atoms with Gasteiger partial charge in [0.05, 0.1) is 0 Å². The van der Waals surface area contributed by atoms with Crippen molar-refractivity contribution >= 4 is 11.9 Å². The number of hydrogen-bond donors (Lipinski definition) is 1. The van der Waals surface area contributed by atoms with E-state index in [1.54, 1.807) is 5.57 Å². The normalized spacial score (nSPS) is 45.9. The predicted octanol–water partition coefficient (Wildman–Crippen LogP) is 4.97. The van der Waals surface area contributed by atoms with Gasteiger partial charge in [-0.2, -0.15) is 0 Å². The highest BCUT2D eigenvalue weighted by Crippen LogP contribution is 2.66. The second-order valence-electron chi connectivity index (χ2n) is 10.1. The summed E-state index contributed by atoms with van der Waals surface area (Å²) < 4.78 is 5.55. The van der Waals surface area contributed by atoms with Crippen LogP contribution < -0.4 is 0 Å². The van der Waals surface area contributed by atoms with Crippen LogP contribution >= 0.6 is 0 Å². The van der Waals surface area contributed by atoms with Gasteiger partial charge in [0, 0.05) is 13.3 Å². The number of carbonyl (C=O) groups is 2. The molecule has 4 rings (SSSR count). The van der Waals surface area contributed by atoms with Gasteiger partial charge in [-0.3, -0.25) is 9.59 Å². The fraction of sp³-hybridized carbons (Fsp3) is 0.826. The number of carboxylic acids is 1. The van der Waals surface area contributed by atoms with Gasteiger partial charge in [-0.15, -0.1) is 0 Å². The minimum absolute atomic E-state index is 0.0949. The Morgan fingerprint density at radius 2 is 1.96 bits per heavy atom.